The first-order valence-corrected chi connectivity index (χ1v) is 8.65. The van der Waals surface area contributed by atoms with E-state index in [0.717, 1.165) is 22.2 Å². The van der Waals surface area contributed by atoms with Gasteiger partial charge in [0.1, 0.15) is 0 Å². The third-order valence-electron chi connectivity index (χ3n) is 5.12. The van der Waals surface area contributed by atoms with Crippen LogP contribution in [0.25, 0.3) is 0 Å². The highest BCUT2D eigenvalue weighted by Crippen LogP contribution is 2.48. The van der Waals surface area contributed by atoms with Gasteiger partial charge in [0.05, 0.1) is 5.69 Å². The molecule has 8 heteroatoms. The first kappa shape index (κ1) is 19.3. The Morgan fingerprint density at radius 1 is 1.37 bits per heavy atom. The number of anilines is 1. The van der Waals surface area contributed by atoms with Crippen molar-refractivity contribution in [1.82, 2.24) is 9.78 Å². The minimum atomic E-state index is -4.71. The molecule has 0 saturated carbocycles. The van der Waals surface area contributed by atoms with Crippen LogP contribution in [0.2, 0.25) is 0 Å². The highest BCUT2D eigenvalue weighted by atomic mass is 19.4. The lowest BCUT2D eigenvalue weighted by molar-refractivity contribution is -0.142. The monoisotopic (exact) mass is 381 g/mol. The topological polar surface area (TPSA) is 56.1 Å². The van der Waals surface area contributed by atoms with Crippen molar-refractivity contribution in [3.8, 4) is 5.75 Å². The van der Waals surface area contributed by atoms with Gasteiger partial charge in [-0.25, -0.2) is 4.79 Å². The molecule has 0 spiro atoms. The van der Waals surface area contributed by atoms with E-state index in [-0.39, 0.29) is 17.0 Å². The predicted molar refractivity (Wildman–Crippen MR) is 95.1 cm³/mol. The van der Waals surface area contributed by atoms with E-state index in [1.165, 1.54) is 14.0 Å². The molecule has 0 aliphatic heterocycles. The number of aryl methyl sites for hydroxylation is 1. The summed E-state index contributed by atoms with van der Waals surface area (Å²) in [5, 5.41) is 6.03. The van der Waals surface area contributed by atoms with E-state index in [1.807, 2.05) is 12.1 Å². The molecule has 1 aromatic carbocycles. The average Bonchev–Trinajstić information content (AvgIpc) is 2.95. The summed E-state index contributed by atoms with van der Waals surface area (Å²) in [6.07, 6.45) is -4.76. The summed E-state index contributed by atoms with van der Waals surface area (Å²) in [5.74, 6) is -0.360. The van der Waals surface area contributed by atoms with Gasteiger partial charge in [0.15, 0.2) is 5.75 Å². The lowest BCUT2D eigenvalue weighted by Crippen LogP contribution is -2.20. The summed E-state index contributed by atoms with van der Waals surface area (Å²) in [4.78, 5) is 12.4. The number of ether oxygens (including phenoxy) is 1. The zero-order valence-electron chi connectivity index (χ0n) is 15.9. The molecule has 0 fully saturated rings. The minimum Gasteiger partial charge on any atom is -0.406 e. The van der Waals surface area contributed by atoms with Gasteiger partial charge in [0, 0.05) is 12.7 Å². The Balaban J connectivity index is 1.89. The number of rotatable bonds is 2. The van der Waals surface area contributed by atoms with E-state index >= 15 is 0 Å². The van der Waals surface area contributed by atoms with Crippen LogP contribution in [0.1, 0.15) is 55.6 Å². The van der Waals surface area contributed by atoms with Crippen LogP contribution in [0.15, 0.2) is 18.2 Å². The molecule has 0 bridgehead atoms. The molecular weight excluding hydrogens is 359 g/mol. The van der Waals surface area contributed by atoms with Gasteiger partial charge in [-0.2, -0.15) is 18.3 Å². The number of benzene rings is 1. The summed E-state index contributed by atoms with van der Waals surface area (Å²) < 4.78 is 45.5. The number of nitrogens with one attached hydrogen (secondary N) is 1. The highest BCUT2D eigenvalue weighted by Gasteiger charge is 2.40. The van der Waals surface area contributed by atoms with Crippen molar-refractivity contribution in [1.29, 1.82) is 0 Å². The maximum Gasteiger partial charge on any atom is 0.438 e. The Labute approximate surface area is 155 Å². The summed E-state index contributed by atoms with van der Waals surface area (Å²) in [5.41, 5.74) is 1.56. The van der Waals surface area contributed by atoms with Crippen LogP contribution in [0.4, 0.5) is 23.7 Å². The van der Waals surface area contributed by atoms with Crippen LogP contribution in [0.5, 0.6) is 5.75 Å². The fourth-order valence-corrected chi connectivity index (χ4v) is 3.90. The average molecular weight is 381 g/mol. The fourth-order valence-electron chi connectivity index (χ4n) is 3.90. The molecule has 1 N–H and O–H groups in total. The Kier molecular flexibility index (Phi) is 4.48. The van der Waals surface area contributed by atoms with Gasteiger partial charge < -0.3 is 4.74 Å². The molecule has 1 atom stereocenters. The molecule has 1 unspecified atom stereocenters. The van der Waals surface area contributed by atoms with E-state index in [4.69, 9.17) is 4.74 Å². The van der Waals surface area contributed by atoms with Crippen molar-refractivity contribution in [3.63, 3.8) is 0 Å². The van der Waals surface area contributed by atoms with E-state index in [0.29, 0.717) is 5.69 Å². The van der Waals surface area contributed by atoms with E-state index in [2.05, 4.69) is 31.2 Å². The van der Waals surface area contributed by atoms with Crippen LogP contribution in [-0.2, 0) is 18.6 Å². The molecule has 1 amide bonds. The van der Waals surface area contributed by atoms with Gasteiger partial charge in [0.25, 0.3) is 0 Å². The largest absolute Gasteiger partial charge is 0.438 e. The zero-order valence-corrected chi connectivity index (χ0v) is 15.9. The van der Waals surface area contributed by atoms with Gasteiger partial charge >= 0.3 is 12.3 Å². The minimum absolute atomic E-state index is 0.0280. The smallest absolute Gasteiger partial charge is 0.406 e. The van der Waals surface area contributed by atoms with E-state index in [1.54, 1.807) is 6.07 Å². The molecule has 1 heterocycles. The van der Waals surface area contributed by atoms with Crippen molar-refractivity contribution >= 4 is 11.8 Å². The van der Waals surface area contributed by atoms with Crippen molar-refractivity contribution in [2.24, 2.45) is 7.05 Å². The number of carbonyl (C=O) groups excluding carboxylic acids is 1. The van der Waals surface area contributed by atoms with Gasteiger partial charge in [-0.3, -0.25) is 10.00 Å². The van der Waals surface area contributed by atoms with Crippen LogP contribution in [0.3, 0.4) is 0 Å². The second kappa shape index (κ2) is 6.28. The number of alkyl halides is 3. The number of halogens is 3. The highest BCUT2D eigenvalue weighted by molar-refractivity contribution is 5.88. The molecule has 146 valence electrons. The third kappa shape index (κ3) is 3.40. The number of carbonyl (C=O) groups is 1. The standard InChI is InChI=1S/C19H22F3N3O2/c1-10-9-18(3,4)12-7-6-8-13(14(10)12)23-17(26)27-15-11(2)25(5)24-16(15)19(20,21)22/h6-8,10H,9H2,1-5H3,(H,23,26). The molecule has 1 aliphatic rings. The zero-order chi connectivity index (χ0) is 20.1. The maximum atomic E-state index is 13.1. The van der Waals surface area contributed by atoms with Crippen LogP contribution < -0.4 is 10.1 Å². The fraction of sp³-hybridized carbons (Fsp3) is 0.474. The lowest BCUT2D eigenvalue weighted by Gasteiger charge is -2.19. The number of hydrogen-bond donors (Lipinski definition) is 1. The molecule has 5 nitrogen and oxygen atoms in total. The number of amides is 1. The Hall–Kier alpha value is -2.51. The molecule has 2 aromatic rings. The van der Waals surface area contributed by atoms with E-state index in [9.17, 15) is 18.0 Å². The van der Waals surface area contributed by atoms with Crippen molar-refractivity contribution in [2.45, 2.75) is 51.6 Å². The first-order valence-electron chi connectivity index (χ1n) is 8.65. The summed E-state index contributed by atoms with van der Waals surface area (Å²) in [6, 6.07) is 5.58. The molecule has 3 rings (SSSR count). The lowest BCUT2D eigenvalue weighted by atomic mass is 9.86. The molecular formula is C19H22F3N3O2. The molecule has 0 saturated heterocycles. The second-order valence-corrected chi connectivity index (χ2v) is 7.65. The van der Waals surface area contributed by atoms with E-state index < -0.39 is 23.7 Å². The number of fused-ring (bicyclic) bond motifs is 1. The molecule has 1 aromatic heterocycles. The van der Waals surface area contributed by atoms with Gasteiger partial charge in [0.2, 0.25) is 5.69 Å². The van der Waals surface area contributed by atoms with Crippen LogP contribution >= 0.6 is 0 Å². The number of nitrogens with zero attached hydrogens (tertiary/aromatic N) is 2. The predicted octanol–water partition coefficient (Wildman–Crippen LogP) is 5.14. The van der Waals surface area contributed by atoms with Gasteiger partial charge in [-0.05, 0) is 41.9 Å². The molecule has 1 aliphatic carbocycles. The Morgan fingerprint density at radius 2 is 2.04 bits per heavy atom. The molecule has 0 radical (unpaired) electrons. The molecule has 27 heavy (non-hydrogen) atoms. The summed E-state index contributed by atoms with van der Waals surface area (Å²) in [7, 11) is 1.36. The maximum absolute atomic E-state index is 13.1. The Morgan fingerprint density at radius 3 is 2.67 bits per heavy atom. The SMILES string of the molecule is Cc1c(OC(=O)Nc2cccc3c2C(C)CC3(C)C)c(C(F)(F)F)nn1C. The van der Waals surface area contributed by atoms with Crippen molar-refractivity contribution in [3.05, 3.63) is 40.7 Å². The Bertz CT molecular complexity index is 900. The van der Waals surface area contributed by atoms with Gasteiger partial charge in [-0.1, -0.05) is 32.9 Å². The first-order chi connectivity index (χ1) is 12.4. The van der Waals surface area contributed by atoms with Crippen molar-refractivity contribution in [2.75, 3.05) is 5.32 Å². The summed E-state index contributed by atoms with van der Waals surface area (Å²) >= 11 is 0. The normalized spacial score (nSPS) is 18.3. The quantitative estimate of drug-likeness (QED) is 0.783. The van der Waals surface area contributed by atoms with Crippen molar-refractivity contribution < 1.29 is 22.7 Å². The third-order valence-corrected chi connectivity index (χ3v) is 5.12. The van der Waals surface area contributed by atoms with Crippen LogP contribution in [-0.4, -0.2) is 15.9 Å². The second-order valence-electron chi connectivity index (χ2n) is 7.65. The number of hydrogen-bond acceptors (Lipinski definition) is 3. The van der Waals surface area contributed by atoms with Crippen LogP contribution in [0, 0.1) is 6.92 Å². The summed E-state index contributed by atoms with van der Waals surface area (Å²) in [6.45, 7) is 7.74. The number of aromatic nitrogens is 2. The van der Waals surface area contributed by atoms with Gasteiger partial charge in [-0.15, -0.1) is 0 Å².